The Labute approximate surface area is 129 Å². The molecular formula is C17H20N2O3. The molecule has 0 atom stereocenters. The Morgan fingerprint density at radius 1 is 0.955 bits per heavy atom. The Kier molecular flexibility index (Phi) is 6.41. The van der Waals surface area contributed by atoms with Crippen molar-refractivity contribution in [3.8, 4) is 11.1 Å². The van der Waals surface area contributed by atoms with Gasteiger partial charge in [-0.15, -0.1) is 0 Å². The van der Waals surface area contributed by atoms with E-state index in [-0.39, 0.29) is 19.2 Å². The van der Waals surface area contributed by atoms with E-state index in [0.29, 0.717) is 13.2 Å². The highest BCUT2D eigenvalue weighted by atomic mass is 16.5. The van der Waals surface area contributed by atoms with E-state index in [0.717, 1.165) is 16.8 Å². The number of carbonyl (C=O) groups excluding carboxylic acids is 1. The molecule has 0 aliphatic carbocycles. The second kappa shape index (κ2) is 8.81. The predicted octanol–water partition coefficient (Wildman–Crippen LogP) is 2.48. The molecule has 0 unspecified atom stereocenters. The molecule has 0 spiro atoms. The number of hydrogen-bond acceptors (Lipinski definition) is 3. The van der Waals surface area contributed by atoms with Crippen molar-refractivity contribution in [3.63, 3.8) is 0 Å². The van der Waals surface area contributed by atoms with Crippen LogP contribution in [0.4, 0.5) is 10.5 Å². The fraction of sp³-hybridized carbons (Fsp3) is 0.235. The summed E-state index contributed by atoms with van der Waals surface area (Å²) < 4.78 is 5.06. The van der Waals surface area contributed by atoms with E-state index in [4.69, 9.17) is 9.84 Å². The summed E-state index contributed by atoms with van der Waals surface area (Å²) in [5.74, 6) is 0. The third kappa shape index (κ3) is 5.20. The maximum atomic E-state index is 11.7. The molecule has 5 heteroatoms. The Morgan fingerprint density at radius 3 is 2.32 bits per heavy atom. The molecule has 0 aromatic heterocycles. The van der Waals surface area contributed by atoms with Crippen LogP contribution in [0.1, 0.15) is 0 Å². The van der Waals surface area contributed by atoms with E-state index in [2.05, 4.69) is 10.6 Å². The van der Waals surface area contributed by atoms with Crippen molar-refractivity contribution >= 4 is 11.7 Å². The second-order valence-electron chi connectivity index (χ2n) is 4.66. The highest BCUT2D eigenvalue weighted by Crippen LogP contribution is 2.20. The van der Waals surface area contributed by atoms with Gasteiger partial charge in [0.25, 0.3) is 0 Å². The van der Waals surface area contributed by atoms with Crippen LogP contribution in [0.5, 0.6) is 0 Å². The standard InChI is InChI=1S/C17H20N2O3/c20-11-13-22-12-10-18-17(21)19-16-8-6-15(7-9-16)14-4-2-1-3-5-14/h1-9,20H,10-13H2,(H2,18,19,21). The highest BCUT2D eigenvalue weighted by Gasteiger charge is 2.02. The second-order valence-corrected chi connectivity index (χ2v) is 4.66. The molecule has 2 aromatic rings. The van der Waals surface area contributed by atoms with Crippen LogP contribution < -0.4 is 10.6 Å². The van der Waals surface area contributed by atoms with Crippen LogP contribution in [-0.4, -0.2) is 37.5 Å². The monoisotopic (exact) mass is 300 g/mol. The third-order valence-corrected chi connectivity index (χ3v) is 3.02. The lowest BCUT2D eigenvalue weighted by Gasteiger charge is -2.08. The Morgan fingerprint density at radius 2 is 1.64 bits per heavy atom. The first-order chi connectivity index (χ1) is 10.8. The van der Waals surface area contributed by atoms with Crippen LogP contribution >= 0.6 is 0 Å². The molecule has 5 nitrogen and oxygen atoms in total. The summed E-state index contributed by atoms with van der Waals surface area (Å²) in [7, 11) is 0. The largest absolute Gasteiger partial charge is 0.394 e. The lowest BCUT2D eigenvalue weighted by Crippen LogP contribution is -2.31. The molecule has 2 aromatic carbocycles. The number of anilines is 1. The van der Waals surface area contributed by atoms with Crippen molar-refractivity contribution in [1.29, 1.82) is 0 Å². The van der Waals surface area contributed by atoms with Gasteiger partial charge >= 0.3 is 6.03 Å². The summed E-state index contributed by atoms with van der Waals surface area (Å²) in [6.07, 6.45) is 0. The summed E-state index contributed by atoms with van der Waals surface area (Å²) in [4.78, 5) is 11.7. The minimum Gasteiger partial charge on any atom is -0.394 e. The van der Waals surface area contributed by atoms with Gasteiger partial charge in [-0.2, -0.15) is 0 Å². The number of aliphatic hydroxyl groups is 1. The zero-order valence-corrected chi connectivity index (χ0v) is 12.3. The number of hydrogen-bond donors (Lipinski definition) is 3. The van der Waals surface area contributed by atoms with Gasteiger partial charge in [0.15, 0.2) is 0 Å². The quantitative estimate of drug-likeness (QED) is 0.688. The van der Waals surface area contributed by atoms with E-state index in [9.17, 15) is 4.79 Å². The van der Waals surface area contributed by atoms with Gasteiger partial charge in [-0.3, -0.25) is 0 Å². The molecule has 116 valence electrons. The number of aliphatic hydroxyl groups excluding tert-OH is 1. The Balaban J connectivity index is 1.80. The first-order valence-corrected chi connectivity index (χ1v) is 7.18. The molecular weight excluding hydrogens is 280 g/mol. The topological polar surface area (TPSA) is 70.6 Å². The first kappa shape index (κ1) is 16.0. The van der Waals surface area contributed by atoms with E-state index in [1.165, 1.54) is 0 Å². The van der Waals surface area contributed by atoms with E-state index >= 15 is 0 Å². The zero-order chi connectivity index (χ0) is 15.6. The number of ether oxygens (including phenoxy) is 1. The summed E-state index contributed by atoms with van der Waals surface area (Å²) in [5, 5.41) is 14.0. The van der Waals surface area contributed by atoms with Gasteiger partial charge in [0.2, 0.25) is 0 Å². The number of benzene rings is 2. The van der Waals surface area contributed by atoms with Gasteiger partial charge in [0, 0.05) is 12.2 Å². The third-order valence-electron chi connectivity index (χ3n) is 3.02. The summed E-state index contributed by atoms with van der Waals surface area (Å²) in [6.45, 7) is 1.04. The maximum absolute atomic E-state index is 11.7. The van der Waals surface area contributed by atoms with Gasteiger partial charge < -0.3 is 20.5 Å². The van der Waals surface area contributed by atoms with Crippen molar-refractivity contribution in [2.24, 2.45) is 0 Å². The molecule has 2 amide bonds. The number of carbonyl (C=O) groups is 1. The number of nitrogens with one attached hydrogen (secondary N) is 2. The molecule has 2 rings (SSSR count). The Hall–Kier alpha value is -2.37. The fourth-order valence-electron chi connectivity index (χ4n) is 1.96. The number of urea groups is 1. The molecule has 22 heavy (non-hydrogen) atoms. The van der Waals surface area contributed by atoms with Gasteiger partial charge in [0.05, 0.1) is 19.8 Å². The fourth-order valence-corrected chi connectivity index (χ4v) is 1.96. The summed E-state index contributed by atoms with van der Waals surface area (Å²) >= 11 is 0. The van der Waals surface area contributed by atoms with Crippen LogP contribution in [0.15, 0.2) is 54.6 Å². The average Bonchev–Trinajstić information content (AvgIpc) is 2.56. The van der Waals surface area contributed by atoms with Gasteiger partial charge in [-0.05, 0) is 23.3 Å². The normalized spacial score (nSPS) is 10.2. The molecule has 0 saturated carbocycles. The zero-order valence-electron chi connectivity index (χ0n) is 12.3. The van der Waals surface area contributed by atoms with Crippen LogP contribution in [0.2, 0.25) is 0 Å². The SMILES string of the molecule is O=C(NCCOCCO)Nc1ccc(-c2ccccc2)cc1. The van der Waals surface area contributed by atoms with Crippen molar-refractivity contribution < 1.29 is 14.6 Å². The van der Waals surface area contributed by atoms with Crippen LogP contribution in [0.25, 0.3) is 11.1 Å². The van der Waals surface area contributed by atoms with Gasteiger partial charge in [0.1, 0.15) is 0 Å². The molecule has 0 aliphatic rings. The van der Waals surface area contributed by atoms with Crippen molar-refractivity contribution in [3.05, 3.63) is 54.6 Å². The predicted molar refractivity (Wildman–Crippen MR) is 86.8 cm³/mol. The molecule has 0 bridgehead atoms. The van der Waals surface area contributed by atoms with Crippen LogP contribution in [0, 0.1) is 0 Å². The smallest absolute Gasteiger partial charge is 0.319 e. The van der Waals surface area contributed by atoms with Crippen LogP contribution in [-0.2, 0) is 4.74 Å². The lowest BCUT2D eigenvalue weighted by molar-refractivity contribution is 0.0950. The maximum Gasteiger partial charge on any atom is 0.319 e. The van der Waals surface area contributed by atoms with E-state index in [1.54, 1.807) is 0 Å². The van der Waals surface area contributed by atoms with Crippen molar-refractivity contribution in [2.75, 3.05) is 31.7 Å². The van der Waals surface area contributed by atoms with Gasteiger partial charge in [-0.1, -0.05) is 42.5 Å². The molecule has 0 heterocycles. The number of amides is 2. The Bertz CT molecular complexity index is 570. The average molecular weight is 300 g/mol. The van der Waals surface area contributed by atoms with Crippen LogP contribution in [0.3, 0.4) is 0 Å². The minimum absolute atomic E-state index is 0.0139. The minimum atomic E-state index is -0.278. The molecule has 0 saturated heterocycles. The summed E-state index contributed by atoms with van der Waals surface area (Å²) in [6, 6.07) is 17.4. The summed E-state index contributed by atoms with van der Waals surface area (Å²) in [5.41, 5.74) is 2.97. The molecule has 0 radical (unpaired) electrons. The van der Waals surface area contributed by atoms with E-state index < -0.39 is 0 Å². The lowest BCUT2D eigenvalue weighted by atomic mass is 10.1. The highest BCUT2D eigenvalue weighted by molar-refractivity contribution is 5.89. The first-order valence-electron chi connectivity index (χ1n) is 7.18. The molecule has 3 N–H and O–H groups in total. The van der Waals surface area contributed by atoms with Gasteiger partial charge in [-0.25, -0.2) is 4.79 Å². The number of rotatable bonds is 7. The van der Waals surface area contributed by atoms with E-state index in [1.807, 2.05) is 54.6 Å². The molecule has 0 aliphatic heterocycles. The molecule has 0 fully saturated rings. The van der Waals surface area contributed by atoms with Crippen molar-refractivity contribution in [1.82, 2.24) is 5.32 Å². The van der Waals surface area contributed by atoms with Crippen molar-refractivity contribution in [2.45, 2.75) is 0 Å².